The van der Waals surface area contributed by atoms with Crippen molar-refractivity contribution in [3.8, 4) is 16.9 Å². The lowest BCUT2D eigenvalue weighted by Gasteiger charge is -2.26. The van der Waals surface area contributed by atoms with Gasteiger partial charge in [-0.1, -0.05) is 42.5 Å². The van der Waals surface area contributed by atoms with Crippen LogP contribution in [0.15, 0.2) is 66.7 Å². The molecule has 0 atom stereocenters. The Morgan fingerprint density at radius 2 is 1.66 bits per heavy atom. The van der Waals surface area contributed by atoms with Gasteiger partial charge in [0.25, 0.3) is 5.91 Å². The largest absolute Gasteiger partial charge is 0.492 e. The molecule has 1 aliphatic rings. The van der Waals surface area contributed by atoms with Crippen molar-refractivity contribution in [1.29, 1.82) is 0 Å². The topological polar surface area (TPSA) is 77.1 Å². The first kappa shape index (κ1) is 27.4. The molecule has 0 aromatic heterocycles. The highest BCUT2D eigenvalue weighted by atomic mass is 16.6. The zero-order valence-corrected chi connectivity index (χ0v) is 22.6. The Bertz CT molecular complexity index is 1260. The molecule has 1 fully saturated rings. The summed E-state index contributed by atoms with van der Waals surface area (Å²) < 4.78 is 17.0. The van der Waals surface area contributed by atoms with Crippen LogP contribution in [0.5, 0.6) is 5.75 Å². The summed E-state index contributed by atoms with van der Waals surface area (Å²) in [5.41, 5.74) is 3.16. The second-order valence-corrected chi connectivity index (χ2v) is 10.4. The third-order valence-electron chi connectivity index (χ3n) is 6.23. The molecule has 1 heterocycles. The number of anilines is 1. The van der Waals surface area contributed by atoms with E-state index in [-0.39, 0.29) is 5.91 Å². The molecule has 7 heteroatoms. The van der Waals surface area contributed by atoms with Crippen molar-refractivity contribution < 1.29 is 23.8 Å². The molecule has 0 aliphatic carbocycles. The maximum absolute atomic E-state index is 13.5. The fourth-order valence-electron chi connectivity index (χ4n) is 4.21. The van der Waals surface area contributed by atoms with Crippen molar-refractivity contribution in [2.24, 2.45) is 0 Å². The van der Waals surface area contributed by atoms with Gasteiger partial charge in [0, 0.05) is 25.2 Å². The molecule has 7 nitrogen and oxygen atoms in total. The van der Waals surface area contributed by atoms with Crippen LogP contribution in [0, 0.1) is 6.92 Å². The number of hydrogen-bond donors (Lipinski definition) is 1. The van der Waals surface area contributed by atoms with Crippen LogP contribution >= 0.6 is 0 Å². The molecule has 0 radical (unpaired) electrons. The highest BCUT2D eigenvalue weighted by Gasteiger charge is 2.23. The summed E-state index contributed by atoms with van der Waals surface area (Å²) in [5, 5.41) is 2.96. The van der Waals surface area contributed by atoms with Crippen molar-refractivity contribution in [2.75, 3.05) is 44.8 Å². The van der Waals surface area contributed by atoms with Crippen molar-refractivity contribution in [1.82, 2.24) is 4.90 Å². The molecule has 1 amide bonds. The zero-order chi connectivity index (χ0) is 27.1. The number of carbonyl (C=O) groups is 2. The molecule has 200 valence electrons. The van der Waals surface area contributed by atoms with Crippen LogP contribution in [0.3, 0.4) is 0 Å². The number of esters is 1. The van der Waals surface area contributed by atoms with E-state index in [1.165, 1.54) is 0 Å². The summed E-state index contributed by atoms with van der Waals surface area (Å²) in [7, 11) is 0. The van der Waals surface area contributed by atoms with E-state index in [2.05, 4.69) is 10.2 Å². The third kappa shape index (κ3) is 7.43. The van der Waals surface area contributed by atoms with Gasteiger partial charge in [0.15, 0.2) is 0 Å². The van der Waals surface area contributed by atoms with Gasteiger partial charge in [0.05, 0.1) is 24.5 Å². The van der Waals surface area contributed by atoms with E-state index in [0.717, 1.165) is 49.5 Å². The number of morpholine rings is 1. The Labute approximate surface area is 224 Å². The van der Waals surface area contributed by atoms with Gasteiger partial charge in [0.1, 0.15) is 18.0 Å². The highest BCUT2D eigenvalue weighted by Crippen LogP contribution is 2.28. The van der Waals surface area contributed by atoms with E-state index in [4.69, 9.17) is 14.2 Å². The monoisotopic (exact) mass is 516 g/mol. The third-order valence-corrected chi connectivity index (χ3v) is 6.23. The molecule has 3 aromatic carbocycles. The van der Waals surface area contributed by atoms with Crippen LogP contribution in [0.2, 0.25) is 0 Å². The standard InChI is InChI=1S/C31H36N2O5/c1-22-10-12-25(37-19-16-33-14-17-36-18-15-33)21-27(22)29(34)32-28-20-24(23-8-6-5-7-9-23)11-13-26(28)30(35)38-31(2,3)4/h5-13,20-21H,14-19H2,1-4H3,(H,32,34). The summed E-state index contributed by atoms with van der Waals surface area (Å²) in [6.07, 6.45) is 0. The van der Waals surface area contributed by atoms with Crippen LogP contribution in [0.1, 0.15) is 47.1 Å². The van der Waals surface area contributed by atoms with Crippen LogP contribution in [0.25, 0.3) is 11.1 Å². The zero-order valence-electron chi connectivity index (χ0n) is 22.6. The first-order chi connectivity index (χ1) is 18.2. The van der Waals surface area contributed by atoms with E-state index in [0.29, 0.717) is 29.2 Å². The number of rotatable bonds is 8. The van der Waals surface area contributed by atoms with Gasteiger partial charge in [-0.3, -0.25) is 9.69 Å². The van der Waals surface area contributed by atoms with Crippen molar-refractivity contribution in [2.45, 2.75) is 33.3 Å². The van der Waals surface area contributed by atoms with E-state index in [1.54, 1.807) is 12.1 Å². The maximum Gasteiger partial charge on any atom is 0.340 e. The predicted octanol–water partition coefficient (Wildman–Crippen LogP) is 5.58. The number of hydrogen-bond acceptors (Lipinski definition) is 6. The average molecular weight is 517 g/mol. The average Bonchev–Trinajstić information content (AvgIpc) is 2.89. The molecular formula is C31H36N2O5. The summed E-state index contributed by atoms with van der Waals surface area (Å²) in [6.45, 7) is 11.9. The Morgan fingerprint density at radius 3 is 2.37 bits per heavy atom. The summed E-state index contributed by atoms with van der Waals surface area (Å²) in [5.74, 6) is -0.195. The lowest BCUT2D eigenvalue weighted by molar-refractivity contribution is 0.00707. The number of amides is 1. The highest BCUT2D eigenvalue weighted by molar-refractivity contribution is 6.09. The molecule has 3 aromatic rings. The minimum Gasteiger partial charge on any atom is -0.492 e. The van der Waals surface area contributed by atoms with Gasteiger partial charge < -0.3 is 19.5 Å². The van der Waals surface area contributed by atoms with Crippen LogP contribution in [-0.4, -0.2) is 61.8 Å². The second-order valence-electron chi connectivity index (χ2n) is 10.4. The van der Waals surface area contributed by atoms with Crippen LogP contribution < -0.4 is 10.1 Å². The molecular weight excluding hydrogens is 480 g/mol. The minimum absolute atomic E-state index is 0.295. The second kappa shape index (κ2) is 12.2. The van der Waals surface area contributed by atoms with E-state index >= 15 is 0 Å². The Hall–Kier alpha value is -3.68. The summed E-state index contributed by atoms with van der Waals surface area (Å²) >= 11 is 0. The Morgan fingerprint density at radius 1 is 0.921 bits per heavy atom. The first-order valence-electron chi connectivity index (χ1n) is 13.0. The molecule has 1 aliphatic heterocycles. The van der Waals surface area contributed by atoms with E-state index in [9.17, 15) is 9.59 Å². The predicted molar refractivity (Wildman–Crippen MR) is 149 cm³/mol. The SMILES string of the molecule is Cc1ccc(OCCN2CCOCC2)cc1C(=O)Nc1cc(-c2ccccc2)ccc1C(=O)OC(C)(C)C. The number of carbonyl (C=O) groups excluding carboxylic acids is 2. The number of nitrogens with one attached hydrogen (secondary N) is 1. The fourth-order valence-corrected chi connectivity index (χ4v) is 4.21. The lowest BCUT2D eigenvalue weighted by atomic mass is 10.0. The first-order valence-corrected chi connectivity index (χ1v) is 13.0. The number of aryl methyl sites for hydroxylation is 1. The van der Waals surface area contributed by atoms with Gasteiger partial charge in [-0.2, -0.15) is 0 Å². The van der Waals surface area contributed by atoms with E-state index < -0.39 is 11.6 Å². The fraction of sp³-hybridized carbons (Fsp3) is 0.355. The van der Waals surface area contributed by atoms with Gasteiger partial charge in [0.2, 0.25) is 0 Å². The van der Waals surface area contributed by atoms with Crippen LogP contribution in [-0.2, 0) is 9.47 Å². The number of ether oxygens (including phenoxy) is 3. The van der Waals surface area contributed by atoms with Crippen molar-refractivity contribution in [3.05, 3.63) is 83.4 Å². The lowest BCUT2D eigenvalue weighted by Crippen LogP contribution is -2.38. The summed E-state index contributed by atoms with van der Waals surface area (Å²) in [6, 6.07) is 20.7. The molecule has 4 rings (SSSR count). The molecule has 0 saturated carbocycles. The van der Waals surface area contributed by atoms with Gasteiger partial charge >= 0.3 is 5.97 Å². The number of benzene rings is 3. The van der Waals surface area contributed by atoms with Gasteiger partial charge in [-0.05, 0) is 68.7 Å². The Kier molecular flexibility index (Phi) is 8.81. The number of nitrogens with zero attached hydrogens (tertiary/aromatic N) is 1. The smallest absolute Gasteiger partial charge is 0.340 e. The molecule has 1 N–H and O–H groups in total. The molecule has 0 bridgehead atoms. The quantitative estimate of drug-likeness (QED) is 0.394. The maximum atomic E-state index is 13.5. The van der Waals surface area contributed by atoms with Gasteiger partial charge in [-0.25, -0.2) is 4.79 Å². The van der Waals surface area contributed by atoms with Crippen molar-refractivity contribution >= 4 is 17.6 Å². The molecule has 1 saturated heterocycles. The van der Waals surface area contributed by atoms with E-state index in [1.807, 2.05) is 82.3 Å². The Balaban J connectivity index is 1.55. The summed E-state index contributed by atoms with van der Waals surface area (Å²) in [4.78, 5) is 28.8. The molecule has 0 unspecified atom stereocenters. The van der Waals surface area contributed by atoms with Crippen molar-refractivity contribution in [3.63, 3.8) is 0 Å². The minimum atomic E-state index is -0.667. The van der Waals surface area contributed by atoms with Gasteiger partial charge in [-0.15, -0.1) is 0 Å². The normalized spacial score (nSPS) is 14.1. The molecule has 0 spiro atoms. The van der Waals surface area contributed by atoms with Crippen LogP contribution in [0.4, 0.5) is 5.69 Å². The molecule has 38 heavy (non-hydrogen) atoms.